The topological polar surface area (TPSA) is 82.2 Å². The van der Waals surface area contributed by atoms with Crippen molar-refractivity contribution in [1.29, 1.82) is 0 Å². The first-order chi connectivity index (χ1) is 20.9. The van der Waals surface area contributed by atoms with Crippen LogP contribution < -0.4 is 5.32 Å². The zero-order chi connectivity index (χ0) is 33.3. The molecule has 0 aromatic heterocycles. The van der Waals surface area contributed by atoms with Crippen molar-refractivity contribution in [3.05, 3.63) is 70.2 Å². The molecular weight excluding hydrogens is 602 g/mol. The van der Waals surface area contributed by atoms with Crippen LogP contribution in [0.2, 0.25) is 5.02 Å². The molecule has 4 rings (SSSR count). The van der Waals surface area contributed by atoms with Gasteiger partial charge in [-0.2, -0.15) is 0 Å². The maximum Gasteiger partial charge on any atom is 0.408 e. The van der Waals surface area contributed by atoms with E-state index < -0.39 is 41.2 Å². The fraction of sp³-hybridized carbons (Fsp3) is 0.559. The standard InChI is InChI=1S/C34H45ClF2N4O4/c1-21-18-39(31(43)29(38-32(44)45-34(5,6)7)16-22-10-8-9-11-27(22)35)14-15-41(21)30(42)26-20-40(33(2,3)4)19-25(26)24-13-12-23(36)17-28(24)37/h8-13,17,21,25-26,29H,14-16,18-20H2,1-7H3,(H,38,44)/t21-,25-,26+,29-/m0/s1. The van der Waals surface area contributed by atoms with E-state index in [2.05, 4.69) is 31.0 Å². The molecule has 8 nitrogen and oxygen atoms in total. The van der Waals surface area contributed by atoms with Gasteiger partial charge in [-0.05, 0) is 71.7 Å². The molecule has 2 aliphatic rings. The minimum Gasteiger partial charge on any atom is -0.444 e. The minimum atomic E-state index is -0.935. The molecule has 0 aliphatic carbocycles. The van der Waals surface area contributed by atoms with Gasteiger partial charge in [-0.3, -0.25) is 14.5 Å². The third kappa shape index (κ3) is 8.52. The number of piperazine rings is 1. The maximum absolute atomic E-state index is 15.0. The van der Waals surface area contributed by atoms with E-state index >= 15 is 0 Å². The number of nitrogens with one attached hydrogen (secondary N) is 1. The van der Waals surface area contributed by atoms with Crippen molar-refractivity contribution in [2.45, 2.75) is 84.0 Å². The molecule has 3 amide bonds. The van der Waals surface area contributed by atoms with Crippen molar-refractivity contribution in [3.63, 3.8) is 0 Å². The number of nitrogens with zero attached hydrogens (tertiary/aromatic N) is 3. The Morgan fingerprint density at radius 1 is 1.00 bits per heavy atom. The summed E-state index contributed by atoms with van der Waals surface area (Å²) in [6.07, 6.45) is -0.542. The number of halogens is 3. The highest BCUT2D eigenvalue weighted by Gasteiger charge is 2.46. The smallest absolute Gasteiger partial charge is 0.408 e. The van der Waals surface area contributed by atoms with Crippen LogP contribution in [0.5, 0.6) is 0 Å². The van der Waals surface area contributed by atoms with Crippen molar-refractivity contribution in [3.8, 4) is 0 Å². The summed E-state index contributed by atoms with van der Waals surface area (Å²) in [6.45, 7) is 15.0. The summed E-state index contributed by atoms with van der Waals surface area (Å²) in [7, 11) is 0. The summed E-state index contributed by atoms with van der Waals surface area (Å²) >= 11 is 6.39. The average molecular weight is 647 g/mol. The predicted octanol–water partition coefficient (Wildman–Crippen LogP) is 5.63. The fourth-order valence-corrected chi connectivity index (χ4v) is 6.38. The highest BCUT2D eigenvalue weighted by atomic mass is 35.5. The zero-order valence-corrected chi connectivity index (χ0v) is 28.0. The number of ether oxygens (including phenoxy) is 1. The second-order valence-electron chi connectivity index (χ2n) is 14.1. The molecule has 1 N–H and O–H groups in total. The second kappa shape index (κ2) is 13.6. The number of benzene rings is 2. The number of carbonyl (C=O) groups is 3. The highest BCUT2D eigenvalue weighted by molar-refractivity contribution is 6.31. The van der Waals surface area contributed by atoms with Gasteiger partial charge in [0.05, 0.1) is 5.92 Å². The molecule has 2 aromatic rings. The fourth-order valence-electron chi connectivity index (χ4n) is 6.17. The molecule has 0 saturated carbocycles. The third-order valence-electron chi connectivity index (χ3n) is 8.54. The summed E-state index contributed by atoms with van der Waals surface area (Å²) in [6, 6.07) is 9.42. The van der Waals surface area contributed by atoms with Crippen LogP contribution in [0.4, 0.5) is 13.6 Å². The van der Waals surface area contributed by atoms with Crippen LogP contribution in [0.3, 0.4) is 0 Å². The van der Waals surface area contributed by atoms with Crippen LogP contribution in [0.25, 0.3) is 0 Å². The molecule has 0 radical (unpaired) electrons. The summed E-state index contributed by atoms with van der Waals surface area (Å²) in [4.78, 5) is 46.3. The van der Waals surface area contributed by atoms with E-state index in [0.717, 1.165) is 6.07 Å². The lowest BCUT2D eigenvalue weighted by molar-refractivity contribution is -0.146. The predicted molar refractivity (Wildman–Crippen MR) is 170 cm³/mol. The molecule has 0 bridgehead atoms. The minimum absolute atomic E-state index is 0.116. The first kappa shape index (κ1) is 34.6. The van der Waals surface area contributed by atoms with Gasteiger partial charge < -0.3 is 19.9 Å². The lowest BCUT2D eigenvalue weighted by Crippen LogP contribution is -2.60. The lowest BCUT2D eigenvalue weighted by Gasteiger charge is -2.42. The Balaban J connectivity index is 1.51. The Morgan fingerprint density at radius 2 is 1.69 bits per heavy atom. The molecule has 45 heavy (non-hydrogen) atoms. The van der Waals surface area contributed by atoms with Crippen LogP contribution >= 0.6 is 11.6 Å². The highest BCUT2D eigenvalue weighted by Crippen LogP contribution is 2.39. The Bertz CT molecular complexity index is 1410. The van der Waals surface area contributed by atoms with Gasteiger partial charge in [0.1, 0.15) is 23.3 Å². The molecule has 4 atom stereocenters. The SMILES string of the molecule is C[C@H]1CN(C(=O)[C@H](Cc2ccccc2Cl)NC(=O)OC(C)(C)C)CCN1C(=O)[C@@H]1CN(C(C)(C)C)C[C@H]1c1ccc(F)cc1F. The van der Waals surface area contributed by atoms with Crippen LogP contribution in [-0.4, -0.2) is 88.6 Å². The largest absolute Gasteiger partial charge is 0.444 e. The molecule has 2 heterocycles. The molecule has 246 valence electrons. The Labute approximate surface area is 270 Å². The van der Waals surface area contributed by atoms with E-state index in [-0.39, 0.29) is 49.5 Å². The summed E-state index contributed by atoms with van der Waals surface area (Å²) < 4.78 is 34.2. The third-order valence-corrected chi connectivity index (χ3v) is 8.91. The molecular formula is C34H45ClF2N4O4. The van der Waals surface area contributed by atoms with Crippen LogP contribution in [0, 0.1) is 17.6 Å². The first-order valence-electron chi connectivity index (χ1n) is 15.5. The zero-order valence-electron chi connectivity index (χ0n) is 27.2. The number of carbonyl (C=O) groups excluding carboxylic acids is 3. The van der Waals surface area contributed by atoms with E-state index in [1.165, 1.54) is 12.1 Å². The number of alkyl carbamates (subject to hydrolysis) is 1. The molecule has 0 spiro atoms. The average Bonchev–Trinajstić information content (AvgIpc) is 3.38. The van der Waals surface area contributed by atoms with Crippen molar-refractivity contribution in [2.75, 3.05) is 32.7 Å². The van der Waals surface area contributed by atoms with E-state index in [1.807, 2.05) is 19.1 Å². The van der Waals surface area contributed by atoms with Crippen molar-refractivity contribution in [2.24, 2.45) is 5.92 Å². The van der Waals surface area contributed by atoms with Crippen molar-refractivity contribution >= 4 is 29.5 Å². The normalized spacial score (nSPS) is 21.9. The van der Waals surface area contributed by atoms with Crippen LogP contribution in [0.15, 0.2) is 42.5 Å². The van der Waals surface area contributed by atoms with Gasteiger partial charge in [0.2, 0.25) is 11.8 Å². The quantitative estimate of drug-likeness (QED) is 0.440. The summed E-state index contributed by atoms with van der Waals surface area (Å²) in [5, 5.41) is 3.22. The van der Waals surface area contributed by atoms with Crippen molar-refractivity contribution < 1.29 is 27.9 Å². The van der Waals surface area contributed by atoms with Crippen molar-refractivity contribution in [1.82, 2.24) is 20.0 Å². The molecule has 11 heteroatoms. The van der Waals surface area contributed by atoms with E-state index in [4.69, 9.17) is 16.3 Å². The molecule has 2 aliphatic heterocycles. The summed E-state index contributed by atoms with van der Waals surface area (Å²) in [5.41, 5.74) is 0.0380. The van der Waals surface area contributed by atoms with Gasteiger partial charge >= 0.3 is 6.09 Å². The number of rotatable bonds is 6. The van der Waals surface area contributed by atoms with E-state index in [1.54, 1.807) is 42.7 Å². The van der Waals surface area contributed by atoms with Gasteiger partial charge in [0.25, 0.3) is 0 Å². The van der Waals surface area contributed by atoms with Crippen LogP contribution in [-0.2, 0) is 20.7 Å². The van der Waals surface area contributed by atoms with Gasteiger partial charge in [-0.15, -0.1) is 0 Å². The van der Waals surface area contributed by atoms with Gasteiger partial charge in [0.15, 0.2) is 0 Å². The van der Waals surface area contributed by atoms with Gasteiger partial charge in [0, 0.05) is 67.7 Å². The Morgan fingerprint density at radius 3 is 2.29 bits per heavy atom. The number of hydrogen-bond acceptors (Lipinski definition) is 5. The Hall–Kier alpha value is -3.24. The Kier molecular flexibility index (Phi) is 10.5. The molecule has 2 saturated heterocycles. The second-order valence-corrected chi connectivity index (χ2v) is 14.5. The lowest BCUT2D eigenvalue weighted by atomic mass is 9.87. The monoisotopic (exact) mass is 646 g/mol. The summed E-state index contributed by atoms with van der Waals surface area (Å²) in [5.74, 6) is -2.70. The van der Waals surface area contributed by atoms with Crippen LogP contribution in [0.1, 0.15) is 65.5 Å². The maximum atomic E-state index is 15.0. The number of hydrogen-bond donors (Lipinski definition) is 1. The number of likely N-dealkylation sites (tertiary alicyclic amines) is 1. The first-order valence-corrected chi connectivity index (χ1v) is 15.8. The molecule has 2 fully saturated rings. The van der Waals surface area contributed by atoms with Gasteiger partial charge in [-0.1, -0.05) is 35.9 Å². The van der Waals surface area contributed by atoms with E-state index in [0.29, 0.717) is 29.2 Å². The van der Waals surface area contributed by atoms with Gasteiger partial charge in [-0.25, -0.2) is 13.6 Å². The molecule has 2 aromatic carbocycles. The van der Waals surface area contributed by atoms with E-state index in [9.17, 15) is 23.2 Å². The molecule has 0 unspecified atom stereocenters. The number of amides is 3.